The van der Waals surface area contributed by atoms with Gasteiger partial charge in [0.25, 0.3) is 11.8 Å². The molecule has 2 aromatic carbocycles. The van der Waals surface area contributed by atoms with E-state index in [1.165, 1.54) is 0 Å². The highest BCUT2D eigenvalue weighted by Crippen LogP contribution is 2.27. The number of hydrogen-bond donors (Lipinski definition) is 3. The first-order chi connectivity index (χ1) is 13.7. The topological polar surface area (TPSA) is 71.9 Å². The first-order valence-electron chi connectivity index (χ1n) is 9.89. The molecule has 156 valence electrons. The molecular weight excluding hydrogens is 366 g/mol. The molecule has 0 spiro atoms. The van der Waals surface area contributed by atoms with E-state index in [2.05, 4.69) is 24.5 Å². The molecule has 1 unspecified atom stereocenters. The van der Waals surface area contributed by atoms with Crippen molar-refractivity contribution in [2.45, 2.75) is 39.7 Å². The van der Waals surface area contributed by atoms with Crippen LogP contribution in [0.15, 0.2) is 42.5 Å². The van der Waals surface area contributed by atoms with Gasteiger partial charge in [-0.25, -0.2) is 0 Å². The van der Waals surface area contributed by atoms with Crippen molar-refractivity contribution in [2.24, 2.45) is 0 Å². The average Bonchev–Trinajstić information content (AvgIpc) is 2.69. The normalized spacial score (nSPS) is 12.9. The van der Waals surface area contributed by atoms with Crippen molar-refractivity contribution in [3.8, 4) is 5.75 Å². The minimum absolute atomic E-state index is 0.101. The van der Waals surface area contributed by atoms with Gasteiger partial charge in [0, 0.05) is 11.4 Å². The number of carbonyl (C=O) groups excluding carboxylic acids is 2. The summed E-state index contributed by atoms with van der Waals surface area (Å²) in [6.45, 7) is 8.22. The first-order valence-corrected chi connectivity index (χ1v) is 9.89. The summed E-state index contributed by atoms with van der Waals surface area (Å²) in [6, 6.07) is 12.8. The predicted molar refractivity (Wildman–Crippen MR) is 117 cm³/mol. The van der Waals surface area contributed by atoms with E-state index in [4.69, 9.17) is 4.74 Å². The van der Waals surface area contributed by atoms with Gasteiger partial charge in [0.15, 0.2) is 12.6 Å². The fourth-order valence-corrected chi connectivity index (χ4v) is 3.08. The van der Waals surface area contributed by atoms with Gasteiger partial charge in [0.05, 0.1) is 14.2 Å². The summed E-state index contributed by atoms with van der Waals surface area (Å²) in [5.41, 5.74) is 3.71. The maximum atomic E-state index is 12.8. The van der Waals surface area contributed by atoms with Crippen LogP contribution in [0.3, 0.4) is 0 Å². The summed E-state index contributed by atoms with van der Waals surface area (Å²) in [7, 11) is 3.44. The monoisotopic (exact) mass is 398 g/mol. The molecule has 0 saturated heterocycles. The Morgan fingerprint density at radius 1 is 1.03 bits per heavy atom. The smallest absolute Gasteiger partial charge is 0.282 e. The van der Waals surface area contributed by atoms with Gasteiger partial charge in [-0.3, -0.25) is 9.59 Å². The predicted octanol–water partition coefficient (Wildman–Crippen LogP) is 2.61. The van der Waals surface area contributed by atoms with Gasteiger partial charge in [-0.2, -0.15) is 0 Å². The lowest BCUT2D eigenvalue weighted by molar-refractivity contribution is -0.885. The van der Waals surface area contributed by atoms with E-state index >= 15 is 0 Å². The molecule has 0 aliphatic rings. The second kappa shape index (κ2) is 10.1. The molecule has 2 atom stereocenters. The van der Waals surface area contributed by atoms with Crippen molar-refractivity contribution >= 4 is 23.2 Å². The molecule has 0 aromatic heterocycles. The number of aryl methyl sites for hydroxylation is 1. The fraction of sp³-hybridized carbons (Fsp3) is 0.391. The van der Waals surface area contributed by atoms with Crippen molar-refractivity contribution in [3.63, 3.8) is 0 Å². The Labute approximate surface area is 173 Å². The largest absolute Gasteiger partial charge is 0.497 e. The third kappa shape index (κ3) is 6.06. The zero-order valence-corrected chi connectivity index (χ0v) is 18.1. The van der Waals surface area contributed by atoms with Crippen LogP contribution in [0.25, 0.3) is 0 Å². The average molecular weight is 399 g/mol. The van der Waals surface area contributed by atoms with Gasteiger partial charge in [0.1, 0.15) is 5.75 Å². The number of hydrogen-bond acceptors (Lipinski definition) is 3. The minimum atomic E-state index is -0.378. The highest BCUT2D eigenvalue weighted by Gasteiger charge is 2.25. The van der Waals surface area contributed by atoms with Gasteiger partial charge >= 0.3 is 0 Å². The number of carbonyl (C=O) groups is 2. The second-order valence-electron chi connectivity index (χ2n) is 7.70. The molecule has 6 heteroatoms. The Morgan fingerprint density at radius 2 is 1.69 bits per heavy atom. The Kier molecular flexibility index (Phi) is 7.79. The standard InChI is InChI=1S/C23H31N3O3/c1-15(2)20-9-7-8-16(3)22(20)25-23(28)17(4)26(5)14-21(27)24-18-10-12-19(29-6)13-11-18/h7-13,15,17H,14H2,1-6H3,(H,24,27)(H,25,28)/p+1/t17-/m0/s1. The SMILES string of the molecule is COc1ccc(NC(=O)C[NH+](C)[C@@H](C)C(=O)Nc2c(C)cccc2C(C)C)cc1. The highest BCUT2D eigenvalue weighted by molar-refractivity contribution is 5.96. The maximum Gasteiger partial charge on any atom is 0.282 e. The summed E-state index contributed by atoms with van der Waals surface area (Å²) in [5.74, 6) is 0.788. The summed E-state index contributed by atoms with van der Waals surface area (Å²) < 4.78 is 5.12. The molecule has 0 bridgehead atoms. The number of ether oxygens (including phenoxy) is 1. The van der Waals surface area contributed by atoms with Crippen molar-refractivity contribution in [1.82, 2.24) is 0 Å². The molecule has 3 N–H and O–H groups in total. The summed E-state index contributed by atoms with van der Waals surface area (Å²) >= 11 is 0. The second-order valence-corrected chi connectivity index (χ2v) is 7.70. The molecule has 0 aliphatic heterocycles. The number of likely N-dealkylation sites (N-methyl/N-ethyl adjacent to an activating group) is 1. The van der Waals surface area contributed by atoms with Crippen molar-refractivity contribution in [3.05, 3.63) is 53.6 Å². The summed E-state index contributed by atoms with van der Waals surface area (Å²) in [5, 5.41) is 5.92. The van der Waals surface area contributed by atoms with Crippen LogP contribution in [0.2, 0.25) is 0 Å². The molecule has 0 radical (unpaired) electrons. The lowest BCUT2D eigenvalue weighted by atomic mass is 9.98. The van der Waals surface area contributed by atoms with E-state index in [1.54, 1.807) is 31.4 Å². The van der Waals surface area contributed by atoms with Gasteiger partial charge < -0.3 is 20.3 Å². The molecule has 0 fully saturated rings. The van der Waals surface area contributed by atoms with E-state index < -0.39 is 0 Å². The van der Waals surface area contributed by atoms with Crippen LogP contribution >= 0.6 is 0 Å². The summed E-state index contributed by atoms with van der Waals surface area (Å²) in [6.07, 6.45) is 0. The zero-order chi connectivity index (χ0) is 21.6. The third-order valence-electron chi connectivity index (χ3n) is 5.12. The number of methoxy groups -OCH3 is 1. The molecular formula is C23H32N3O3+. The Morgan fingerprint density at radius 3 is 2.28 bits per heavy atom. The number of rotatable bonds is 8. The molecule has 2 amide bonds. The van der Waals surface area contributed by atoms with Crippen molar-refractivity contribution in [1.29, 1.82) is 0 Å². The first kappa shape index (κ1) is 22.4. The maximum absolute atomic E-state index is 12.8. The van der Waals surface area contributed by atoms with E-state index in [0.717, 1.165) is 27.5 Å². The Hall–Kier alpha value is -2.86. The van der Waals surface area contributed by atoms with Crippen molar-refractivity contribution in [2.75, 3.05) is 31.3 Å². The van der Waals surface area contributed by atoms with Crippen LogP contribution in [0.4, 0.5) is 11.4 Å². The zero-order valence-electron chi connectivity index (χ0n) is 18.1. The van der Waals surface area contributed by atoms with E-state index in [-0.39, 0.29) is 24.4 Å². The van der Waals surface area contributed by atoms with Crippen molar-refractivity contribution < 1.29 is 19.2 Å². The lowest BCUT2D eigenvalue weighted by Crippen LogP contribution is -3.14. The molecule has 0 saturated carbocycles. The molecule has 29 heavy (non-hydrogen) atoms. The third-order valence-corrected chi connectivity index (χ3v) is 5.12. The number of quaternary nitrogens is 1. The quantitative estimate of drug-likeness (QED) is 0.640. The molecule has 2 aromatic rings. The number of anilines is 2. The minimum Gasteiger partial charge on any atom is -0.497 e. The molecule has 0 aliphatic carbocycles. The number of nitrogens with one attached hydrogen (secondary N) is 3. The van der Waals surface area contributed by atoms with Gasteiger partial charge in [-0.1, -0.05) is 32.0 Å². The van der Waals surface area contributed by atoms with Crippen LogP contribution in [-0.4, -0.2) is 38.6 Å². The van der Waals surface area contributed by atoms with Crippen LogP contribution < -0.4 is 20.3 Å². The van der Waals surface area contributed by atoms with Crippen LogP contribution in [0.1, 0.15) is 37.8 Å². The van der Waals surface area contributed by atoms with Gasteiger partial charge in [-0.05, 0) is 55.2 Å². The van der Waals surface area contributed by atoms with Crippen LogP contribution in [0, 0.1) is 6.92 Å². The Balaban J connectivity index is 1.97. The number of amides is 2. The van der Waals surface area contributed by atoms with Gasteiger partial charge in [0.2, 0.25) is 0 Å². The lowest BCUT2D eigenvalue weighted by Gasteiger charge is -2.22. The molecule has 6 nitrogen and oxygen atoms in total. The molecule has 2 rings (SSSR count). The fourth-order valence-electron chi connectivity index (χ4n) is 3.08. The number of para-hydroxylation sites is 1. The Bertz CT molecular complexity index is 847. The number of benzene rings is 2. The summed E-state index contributed by atoms with van der Waals surface area (Å²) in [4.78, 5) is 26.0. The van der Waals surface area contributed by atoms with Crippen LogP contribution in [-0.2, 0) is 9.59 Å². The van der Waals surface area contributed by atoms with E-state index in [1.807, 2.05) is 39.1 Å². The highest BCUT2D eigenvalue weighted by atomic mass is 16.5. The van der Waals surface area contributed by atoms with Gasteiger partial charge in [-0.15, -0.1) is 0 Å². The van der Waals surface area contributed by atoms with E-state index in [0.29, 0.717) is 11.6 Å². The van der Waals surface area contributed by atoms with E-state index in [9.17, 15) is 9.59 Å². The molecule has 0 heterocycles. The van der Waals surface area contributed by atoms with Crippen LogP contribution in [0.5, 0.6) is 5.75 Å².